The molecule has 0 radical (unpaired) electrons. The molecule has 6 nitrogen and oxygen atoms in total. The molecule has 138 valence electrons. The average Bonchev–Trinajstić information content (AvgIpc) is 2.66. The van der Waals surface area contributed by atoms with Crippen molar-refractivity contribution < 1.29 is 23.1 Å². The molecule has 0 saturated heterocycles. The lowest BCUT2D eigenvalue weighted by atomic mass is 10.1. The second-order valence-electron chi connectivity index (χ2n) is 6.32. The zero-order valence-corrected chi connectivity index (χ0v) is 15.1. The third kappa shape index (κ3) is 3.10. The van der Waals surface area contributed by atoms with Crippen LogP contribution in [-0.4, -0.2) is 32.1 Å². The lowest BCUT2D eigenvalue weighted by Gasteiger charge is -2.35. The Morgan fingerprint density at radius 3 is 2.56 bits per heavy atom. The third-order valence-electron chi connectivity index (χ3n) is 4.52. The van der Waals surface area contributed by atoms with Crippen molar-refractivity contribution in [1.82, 2.24) is 0 Å². The van der Waals surface area contributed by atoms with Crippen molar-refractivity contribution in [1.29, 1.82) is 0 Å². The van der Waals surface area contributed by atoms with E-state index in [1.54, 1.807) is 48.5 Å². The molecule has 0 bridgehead atoms. The van der Waals surface area contributed by atoms with Gasteiger partial charge in [0.15, 0.2) is 0 Å². The highest BCUT2D eigenvalue weighted by Gasteiger charge is 2.35. The molecule has 3 aromatic carbocycles. The molecule has 0 spiro atoms. The largest absolute Gasteiger partial charge is 0.486 e. The van der Waals surface area contributed by atoms with Gasteiger partial charge < -0.3 is 9.84 Å². The van der Waals surface area contributed by atoms with Gasteiger partial charge in [0, 0.05) is 5.39 Å². The van der Waals surface area contributed by atoms with Gasteiger partial charge in [-0.1, -0.05) is 48.5 Å². The standard InChI is InChI=1S/C20H17NO5S/c22-20(23)12-15-13-21(17-9-3-4-10-18(17)26-15)27(24,25)19-11-5-7-14-6-1-2-8-16(14)19/h1-11,15H,12-13H2,(H,22,23). The van der Waals surface area contributed by atoms with E-state index >= 15 is 0 Å². The lowest BCUT2D eigenvalue weighted by Crippen LogP contribution is -2.44. The number of rotatable bonds is 4. The van der Waals surface area contributed by atoms with Gasteiger partial charge in [-0.2, -0.15) is 0 Å². The molecule has 0 aliphatic carbocycles. The summed E-state index contributed by atoms with van der Waals surface area (Å²) in [7, 11) is -3.91. The number of carbonyl (C=O) groups is 1. The van der Waals surface area contributed by atoms with Crippen LogP contribution in [0.1, 0.15) is 6.42 Å². The first kappa shape index (κ1) is 17.4. The Bertz CT molecular complexity index is 1120. The number of ether oxygens (including phenoxy) is 1. The van der Waals surface area contributed by atoms with E-state index in [1.165, 1.54) is 4.31 Å². The van der Waals surface area contributed by atoms with E-state index in [4.69, 9.17) is 9.84 Å². The third-order valence-corrected chi connectivity index (χ3v) is 6.35. The number of benzene rings is 3. The summed E-state index contributed by atoms with van der Waals surface area (Å²) in [6.45, 7) is -0.0606. The first-order valence-electron chi connectivity index (χ1n) is 8.45. The highest BCUT2D eigenvalue weighted by Crippen LogP contribution is 2.38. The number of para-hydroxylation sites is 2. The SMILES string of the molecule is O=C(O)CC1CN(S(=O)(=O)c2cccc3ccccc23)c2ccccc2O1. The second-order valence-corrected chi connectivity index (χ2v) is 8.15. The van der Waals surface area contributed by atoms with Crippen molar-refractivity contribution in [2.45, 2.75) is 17.4 Å². The zero-order valence-electron chi connectivity index (χ0n) is 14.3. The molecule has 27 heavy (non-hydrogen) atoms. The number of fused-ring (bicyclic) bond motifs is 2. The molecular formula is C20H17NO5S. The van der Waals surface area contributed by atoms with Crippen molar-refractivity contribution in [2.75, 3.05) is 10.8 Å². The number of hydrogen-bond acceptors (Lipinski definition) is 4. The van der Waals surface area contributed by atoms with Crippen molar-refractivity contribution in [3.8, 4) is 5.75 Å². The maximum Gasteiger partial charge on any atom is 0.307 e. The van der Waals surface area contributed by atoms with Crippen LogP contribution in [0.25, 0.3) is 10.8 Å². The Hall–Kier alpha value is -3.06. The van der Waals surface area contributed by atoms with Gasteiger partial charge in [-0.25, -0.2) is 8.42 Å². The maximum absolute atomic E-state index is 13.5. The maximum atomic E-state index is 13.5. The Balaban J connectivity index is 1.86. The number of carboxylic acid groups (broad SMARTS) is 1. The Labute approximate surface area is 156 Å². The van der Waals surface area contributed by atoms with Gasteiger partial charge in [0.1, 0.15) is 11.9 Å². The van der Waals surface area contributed by atoms with Gasteiger partial charge in [-0.3, -0.25) is 9.10 Å². The van der Waals surface area contributed by atoms with Crippen LogP contribution >= 0.6 is 0 Å². The van der Waals surface area contributed by atoms with E-state index in [2.05, 4.69) is 0 Å². The normalized spacial score (nSPS) is 16.6. The van der Waals surface area contributed by atoms with Crippen LogP contribution in [-0.2, 0) is 14.8 Å². The van der Waals surface area contributed by atoms with Crippen molar-refractivity contribution >= 4 is 32.5 Å². The summed E-state index contributed by atoms with van der Waals surface area (Å²) in [6.07, 6.45) is -1.04. The van der Waals surface area contributed by atoms with Crippen LogP contribution in [0.4, 0.5) is 5.69 Å². The molecule has 0 aromatic heterocycles. The van der Waals surface area contributed by atoms with Crippen LogP contribution < -0.4 is 9.04 Å². The fourth-order valence-electron chi connectivity index (χ4n) is 3.33. The minimum atomic E-state index is -3.91. The van der Waals surface area contributed by atoms with E-state index in [0.717, 1.165) is 5.39 Å². The summed E-state index contributed by atoms with van der Waals surface area (Å²) < 4.78 is 34.0. The first-order chi connectivity index (χ1) is 13.0. The number of aliphatic carboxylic acids is 1. The zero-order chi connectivity index (χ0) is 19.0. The highest BCUT2D eigenvalue weighted by molar-refractivity contribution is 7.93. The summed E-state index contributed by atoms with van der Waals surface area (Å²) in [6, 6.07) is 19.2. The van der Waals surface area contributed by atoms with E-state index in [-0.39, 0.29) is 17.9 Å². The number of nitrogens with zero attached hydrogens (tertiary/aromatic N) is 1. The molecule has 1 unspecified atom stereocenters. The molecule has 1 aliphatic heterocycles. The fraction of sp³-hybridized carbons (Fsp3) is 0.150. The van der Waals surface area contributed by atoms with Crippen molar-refractivity contribution in [2.24, 2.45) is 0 Å². The number of anilines is 1. The predicted molar refractivity (Wildman–Crippen MR) is 102 cm³/mol. The number of sulfonamides is 1. The van der Waals surface area contributed by atoms with Gasteiger partial charge >= 0.3 is 5.97 Å². The molecule has 7 heteroatoms. The fourth-order valence-corrected chi connectivity index (χ4v) is 5.05. The monoisotopic (exact) mass is 383 g/mol. The molecule has 1 N–H and O–H groups in total. The van der Waals surface area contributed by atoms with Gasteiger partial charge in [0.05, 0.1) is 23.5 Å². The number of hydrogen-bond donors (Lipinski definition) is 1. The van der Waals surface area contributed by atoms with Crippen molar-refractivity contribution in [3.63, 3.8) is 0 Å². The van der Waals surface area contributed by atoms with Crippen LogP contribution in [0.2, 0.25) is 0 Å². The minimum Gasteiger partial charge on any atom is -0.486 e. The molecule has 4 rings (SSSR count). The Morgan fingerprint density at radius 2 is 1.74 bits per heavy atom. The van der Waals surface area contributed by atoms with Gasteiger partial charge in [0.2, 0.25) is 0 Å². The molecule has 0 fully saturated rings. The van der Waals surface area contributed by atoms with Gasteiger partial charge in [-0.15, -0.1) is 0 Å². The smallest absolute Gasteiger partial charge is 0.307 e. The van der Waals surface area contributed by atoms with Crippen LogP contribution in [0.5, 0.6) is 5.75 Å². The Morgan fingerprint density at radius 1 is 1.04 bits per heavy atom. The summed E-state index contributed by atoms with van der Waals surface area (Å²) in [5, 5.41) is 10.6. The van der Waals surface area contributed by atoms with Gasteiger partial charge in [-0.05, 0) is 23.6 Å². The average molecular weight is 383 g/mol. The lowest BCUT2D eigenvalue weighted by molar-refractivity contribution is -0.138. The number of carboxylic acids is 1. The van der Waals surface area contributed by atoms with Crippen LogP contribution in [0.15, 0.2) is 71.6 Å². The van der Waals surface area contributed by atoms with E-state index in [1.807, 2.05) is 18.2 Å². The van der Waals surface area contributed by atoms with Crippen LogP contribution in [0, 0.1) is 0 Å². The quantitative estimate of drug-likeness (QED) is 0.748. The molecule has 0 amide bonds. The first-order valence-corrected chi connectivity index (χ1v) is 9.89. The summed E-state index contributed by atoms with van der Waals surface area (Å²) in [5.41, 5.74) is 0.409. The van der Waals surface area contributed by atoms with Crippen molar-refractivity contribution in [3.05, 3.63) is 66.7 Å². The molecule has 1 atom stereocenters. The second kappa shape index (κ2) is 6.59. The van der Waals surface area contributed by atoms with E-state index in [9.17, 15) is 13.2 Å². The molecule has 1 aliphatic rings. The predicted octanol–water partition coefficient (Wildman–Crippen LogP) is 3.27. The Kier molecular flexibility index (Phi) is 4.24. The van der Waals surface area contributed by atoms with E-state index < -0.39 is 22.1 Å². The topological polar surface area (TPSA) is 83.9 Å². The summed E-state index contributed by atoms with van der Waals surface area (Å²) >= 11 is 0. The molecule has 3 aromatic rings. The van der Waals surface area contributed by atoms with Gasteiger partial charge in [0.25, 0.3) is 10.0 Å². The summed E-state index contributed by atoms with van der Waals surface area (Å²) in [5.74, 6) is -0.680. The molecule has 0 saturated carbocycles. The molecular weight excluding hydrogens is 366 g/mol. The van der Waals surface area contributed by atoms with Crippen LogP contribution in [0.3, 0.4) is 0 Å². The highest BCUT2D eigenvalue weighted by atomic mass is 32.2. The molecule has 1 heterocycles. The van der Waals surface area contributed by atoms with E-state index in [0.29, 0.717) is 16.8 Å². The minimum absolute atomic E-state index is 0.0606. The summed E-state index contributed by atoms with van der Waals surface area (Å²) in [4.78, 5) is 11.3.